The molecule has 0 aromatic heterocycles. The molecule has 0 bridgehead atoms. The fraction of sp³-hybridized carbons (Fsp3) is 0.467. The molecule has 1 aromatic carbocycles. The van der Waals surface area contributed by atoms with E-state index in [1.165, 1.54) is 0 Å². The number of carbonyl (C=O) groups excluding carboxylic acids is 1. The quantitative estimate of drug-likeness (QED) is 0.887. The van der Waals surface area contributed by atoms with Crippen molar-refractivity contribution in [2.75, 3.05) is 0 Å². The molecule has 1 aromatic rings. The molecule has 1 spiro atoms. The smallest absolute Gasteiger partial charge is 0.240 e. The average molecular weight is 272 g/mol. The van der Waals surface area contributed by atoms with Crippen LogP contribution in [0, 0.1) is 19.8 Å². The van der Waals surface area contributed by atoms with Gasteiger partial charge in [-0.1, -0.05) is 22.3 Å². The van der Waals surface area contributed by atoms with E-state index in [9.17, 15) is 4.79 Å². The van der Waals surface area contributed by atoms with E-state index in [4.69, 9.17) is 10.6 Å². The van der Waals surface area contributed by atoms with Crippen LogP contribution in [-0.2, 0) is 9.63 Å². The van der Waals surface area contributed by atoms with Crippen molar-refractivity contribution in [2.45, 2.75) is 38.8 Å². The summed E-state index contributed by atoms with van der Waals surface area (Å²) in [5.41, 5.74) is 7.82. The van der Waals surface area contributed by atoms with Crippen LogP contribution in [0.25, 0.3) is 0 Å². The molecular formula is C15H18N3O2. The Balaban J connectivity index is 1.87. The molecule has 2 N–H and O–H groups in total. The summed E-state index contributed by atoms with van der Waals surface area (Å²) in [6.45, 7) is 4.06. The van der Waals surface area contributed by atoms with Crippen molar-refractivity contribution in [3.8, 4) is 0 Å². The first kappa shape index (κ1) is 13.0. The van der Waals surface area contributed by atoms with Gasteiger partial charge < -0.3 is 10.6 Å². The highest BCUT2D eigenvalue weighted by molar-refractivity contribution is 6.00. The predicted molar refractivity (Wildman–Crippen MR) is 74.9 cm³/mol. The minimum atomic E-state index is -0.862. The van der Waals surface area contributed by atoms with Crippen LogP contribution in [0.1, 0.15) is 36.0 Å². The molecular weight excluding hydrogens is 254 g/mol. The minimum Gasteiger partial charge on any atom is -0.369 e. The van der Waals surface area contributed by atoms with Gasteiger partial charge >= 0.3 is 0 Å². The van der Waals surface area contributed by atoms with Crippen LogP contribution in [0.4, 0.5) is 0 Å². The van der Waals surface area contributed by atoms with Crippen LogP contribution >= 0.6 is 0 Å². The lowest BCUT2D eigenvalue weighted by Crippen LogP contribution is -2.48. The lowest BCUT2D eigenvalue weighted by Gasteiger charge is -2.24. The van der Waals surface area contributed by atoms with Crippen molar-refractivity contribution in [2.24, 2.45) is 16.8 Å². The van der Waals surface area contributed by atoms with E-state index in [-0.39, 0.29) is 11.8 Å². The van der Waals surface area contributed by atoms with E-state index in [1.54, 1.807) is 0 Å². The Morgan fingerprint density at radius 1 is 1.35 bits per heavy atom. The highest BCUT2D eigenvalue weighted by Crippen LogP contribution is 2.40. The van der Waals surface area contributed by atoms with Crippen LogP contribution in [0.3, 0.4) is 0 Å². The molecule has 2 atom stereocenters. The summed E-state index contributed by atoms with van der Waals surface area (Å²) in [4.78, 5) is 17.1. The first-order valence-corrected chi connectivity index (χ1v) is 6.87. The second kappa shape index (κ2) is 4.51. The molecule has 1 aliphatic heterocycles. The van der Waals surface area contributed by atoms with Gasteiger partial charge in [0.15, 0.2) is 5.84 Å². The van der Waals surface area contributed by atoms with Crippen LogP contribution in [0.2, 0.25) is 0 Å². The van der Waals surface area contributed by atoms with E-state index in [1.807, 2.05) is 26.0 Å². The molecule has 0 saturated heterocycles. The van der Waals surface area contributed by atoms with E-state index in [0.29, 0.717) is 18.7 Å². The largest absolute Gasteiger partial charge is 0.369 e. The van der Waals surface area contributed by atoms with Crippen molar-refractivity contribution < 1.29 is 9.63 Å². The Kier molecular flexibility index (Phi) is 2.92. The van der Waals surface area contributed by atoms with Crippen LogP contribution < -0.4 is 11.1 Å². The maximum atomic E-state index is 11.5. The number of amidine groups is 1. The fourth-order valence-electron chi connectivity index (χ4n) is 3.13. The summed E-state index contributed by atoms with van der Waals surface area (Å²) in [6, 6.07) is 6.13. The summed E-state index contributed by atoms with van der Waals surface area (Å²) in [7, 11) is 0. The third-order valence-corrected chi connectivity index (χ3v) is 3.98. The molecule has 5 nitrogen and oxygen atoms in total. The number of hydrogen-bond donors (Lipinski definition) is 1. The van der Waals surface area contributed by atoms with Gasteiger partial charge in [0.25, 0.3) is 0 Å². The number of carbonyl (C=O) groups is 1. The highest BCUT2D eigenvalue weighted by Gasteiger charge is 2.53. The van der Waals surface area contributed by atoms with Gasteiger partial charge in [0.05, 0.1) is 0 Å². The second-order valence-corrected chi connectivity index (χ2v) is 5.69. The van der Waals surface area contributed by atoms with Crippen LogP contribution in [0.15, 0.2) is 23.4 Å². The first-order chi connectivity index (χ1) is 9.50. The first-order valence-electron chi connectivity index (χ1n) is 6.87. The zero-order chi connectivity index (χ0) is 14.3. The van der Waals surface area contributed by atoms with Crippen molar-refractivity contribution >= 4 is 11.7 Å². The minimum absolute atomic E-state index is 0.358. The van der Waals surface area contributed by atoms with Gasteiger partial charge in [-0.25, -0.2) is 5.32 Å². The number of aryl methyl sites for hydroxylation is 2. The molecule has 1 fully saturated rings. The summed E-state index contributed by atoms with van der Waals surface area (Å²) in [5.74, 6) is -0.178. The summed E-state index contributed by atoms with van der Waals surface area (Å²) < 4.78 is 0. The number of rotatable bonds is 2. The molecule has 1 radical (unpaired) electrons. The number of hydrogen-bond acceptors (Lipinski definition) is 3. The normalized spacial score (nSPS) is 28.1. The Labute approximate surface area is 118 Å². The molecule has 1 aliphatic carbocycles. The number of oxime groups is 1. The Hall–Kier alpha value is -2.04. The standard InChI is InChI=1S/C15H18N3O2/c1-9-6-10(2)8-11(7-9)14-17-15(20-18-14)5-3-4-12(15)13(16)19/h6-8,12H,3-5H2,1-2H3,(H2,16,19). The zero-order valence-corrected chi connectivity index (χ0v) is 11.7. The van der Waals surface area contributed by atoms with Crippen molar-refractivity contribution in [1.29, 1.82) is 0 Å². The maximum Gasteiger partial charge on any atom is 0.240 e. The second-order valence-electron chi connectivity index (χ2n) is 5.69. The summed E-state index contributed by atoms with van der Waals surface area (Å²) in [6.07, 6.45) is 2.29. The molecule has 20 heavy (non-hydrogen) atoms. The highest BCUT2D eigenvalue weighted by atomic mass is 16.7. The van der Waals surface area contributed by atoms with E-state index < -0.39 is 5.72 Å². The average Bonchev–Trinajstić information content (AvgIpc) is 2.96. The zero-order valence-electron chi connectivity index (χ0n) is 11.7. The molecule has 1 amide bonds. The topological polar surface area (TPSA) is 78.8 Å². The Morgan fingerprint density at radius 2 is 2.05 bits per heavy atom. The number of primary amides is 1. The van der Waals surface area contributed by atoms with Gasteiger partial charge in [-0.2, -0.15) is 0 Å². The molecule has 1 saturated carbocycles. The van der Waals surface area contributed by atoms with Gasteiger partial charge in [-0.15, -0.1) is 0 Å². The van der Waals surface area contributed by atoms with Crippen molar-refractivity contribution in [3.63, 3.8) is 0 Å². The fourth-order valence-corrected chi connectivity index (χ4v) is 3.13. The Morgan fingerprint density at radius 3 is 2.70 bits per heavy atom. The molecule has 2 aliphatic rings. The molecule has 1 heterocycles. The number of amides is 1. The number of nitrogens with zero attached hydrogens (tertiary/aromatic N) is 2. The molecule has 3 rings (SSSR count). The Bertz CT molecular complexity index is 577. The van der Waals surface area contributed by atoms with Gasteiger partial charge in [-0.3, -0.25) is 4.79 Å². The van der Waals surface area contributed by atoms with Crippen molar-refractivity contribution in [1.82, 2.24) is 5.32 Å². The lowest BCUT2D eigenvalue weighted by atomic mass is 9.98. The van der Waals surface area contributed by atoms with Crippen LogP contribution in [-0.4, -0.2) is 17.5 Å². The van der Waals surface area contributed by atoms with E-state index in [0.717, 1.165) is 23.1 Å². The van der Waals surface area contributed by atoms with Crippen molar-refractivity contribution in [3.05, 3.63) is 34.9 Å². The SMILES string of the molecule is Cc1cc(C)cc(C2=NOC3(CCCC3C(N)=O)[N]2)c1. The molecule has 2 unspecified atom stereocenters. The predicted octanol–water partition coefficient (Wildman–Crippen LogP) is 1.58. The van der Waals surface area contributed by atoms with E-state index in [2.05, 4.69) is 16.5 Å². The summed E-state index contributed by atoms with van der Waals surface area (Å²) in [5, 5.41) is 8.70. The van der Waals surface area contributed by atoms with Gasteiger partial charge in [0.2, 0.25) is 11.6 Å². The van der Waals surface area contributed by atoms with Gasteiger partial charge in [0.1, 0.15) is 5.92 Å². The number of benzene rings is 1. The third kappa shape index (κ3) is 2.03. The van der Waals surface area contributed by atoms with E-state index >= 15 is 0 Å². The molecule has 105 valence electrons. The van der Waals surface area contributed by atoms with Gasteiger partial charge in [-0.05, 0) is 38.8 Å². The summed E-state index contributed by atoms with van der Waals surface area (Å²) >= 11 is 0. The lowest BCUT2D eigenvalue weighted by molar-refractivity contribution is -0.134. The third-order valence-electron chi connectivity index (χ3n) is 3.98. The maximum absolute atomic E-state index is 11.5. The van der Waals surface area contributed by atoms with Crippen LogP contribution in [0.5, 0.6) is 0 Å². The monoisotopic (exact) mass is 272 g/mol. The number of nitrogens with two attached hydrogens (primary N) is 1. The van der Waals surface area contributed by atoms with Gasteiger partial charge in [0, 0.05) is 12.0 Å². The molecule has 5 heteroatoms.